The summed E-state index contributed by atoms with van der Waals surface area (Å²) in [5.41, 5.74) is -0.512. The van der Waals surface area contributed by atoms with Crippen molar-refractivity contribution in [3.8, 4) is 16.9 Å². The number of hydrogen-bond donors (Lipinski definition) is 0. The smallest absolute Gasteiger partial charge is 0.230 e. The molecule has 0 radical (unpaired) electrons. The van der Waals surface area contributed by atoms with Crippen molar-refractivity contribution >= 4 is 9.84 Å². The van der Waals surface area contributed by atoms with Crippen LogP contribution in [0.1, 0.15) is 12.1 Å². The summed E-state index contributed by atoms with van der Waals surface area (Å²) in [5.74, 6) is -2.30. The molecule has 0 aliphatic rings. The second kappa shape index (κ2) is 6.56. The first-order chi connectivity index (χ1) is 12.2. The van der Waals surface area contributed by atoms with E-state index < -0.39 is 44.2 Å². The van der Waals surface area contributed by atoms with Gasteiger partial charge < -0.3 is 0 Å². The second-order valence-electron chi connectivity index (χ2n) is 5.54. The average Bonchev–Trinajstić information content (AvgIpc) is 3.02. The molecular weight excluding hydrogens is 372 g/mol. The molecule has 0 N–H and O–H groups in total. The molecule has 0 atom stereocenters. The van der Waals surface area contributed by atoms with Crippen LogP contribution in [0.3, 0.4) is 0 Å². The average molecular weight is 384 g/mol. The minimum absolute atomic E-state index is 0.117. The van der Waals surface area contributed by atoms with Crippen LogP contribution in [0.5, 0.6) is 0 Å². The van der Waals surface area contributed by atoms with Gasteiger partial charge in [-0.1, -0.05) is 30.3 Å². The molecule has 3 aromatic rings. The monoisotopic (exact) mass is 384 g/mol. The van der Waals surface area contributed by atoms with Crippen molar-refractivity contribution < 1.29 is 26.0 Å². The molecule has 0 saturated heterocycles. The molecule has 4 nitrogen and oxygen atoms in total. The maximum absolute atomic E-state index is 14.5. The summed E-state index contributed by atoms with van der Waals surface area (Å²) >= 11 is 0. The molecule has 0 spiro atoms. The molecule has 2 aromatic carbocycles. The van der Waals surface area contributed by atoms with E-state index in [9.17, 15) is 26.0 Å². The predicted molar refractivity (Wildman–Crippen MR) is 87.0 cm³/mol. The van der Waals surface area contributed by atoms with Crippen LogP contribution in [0.2, 0.25) is 0 Å². The van der Waals surface area contributed by atoms with E-state index in [-0.39, 0.29) is 5.69 Å². The van der Waals surface area contributed by atoms with Crippen LogP contribution in [0.4, 0.5) is 17.6 Å². The van der Waals surface area contributed by atoms with Crippen LogP contribution in [0, 0.1) is 11.6 Å². The molecule has 0 saturated carbocycles. The minimum Gasteiger partial charge on any atom is -0.230 e. The van der Waals surface area contributed by atoms with E-state index in [0.717, 1.165) is 17.0 Å². The number of rotatable bonds is 4. The van der Waals surface area contributed by atoms with Gasteiger partial charge in [-0.2, -0.15) is 5.10 Å². The van der Waals surface area contributed by atoms with Crippen LogP contribution in [0.25, 0.3) is 16.9 Å². The Balaban J connectivity index is 2.26. The van der Waals surface area contributed by atoms with Gasteiger partial charge in [-0.15, -0.1) is 0 Å². The van der Waals surface area contributed by atoms with Gasteiger partial charge in [-0.05, 0) is 12.1 Å². The zero-order valence-corrected chi connectivity index (χ0v) is 14.1. The van der Waals surface area contributed by atoms with Gasteiger partial charge in [0.15, 0.2) is 9.84 Å². The topological polar surface area (TPSA) is 52.0 Å². The van der Waals surface area contributed by atoms with Gasteiger partial charge >= 0.3 is 0 Å². The lowest BCUT2D eigenvalue weighted by Gasteiger charge is -2.10. The fraction of sp³-hybridized carbons (Fsp3) is 0.118. The Kier molecular flexibility index (Phi) is 4.57. The van der Waals surface area contributed by atoms with E-state index in [0.29, 0.717) is 17.7 Å². The predicted octanol–water partition coefficient (Wildman–Crippen LogP) is 4.16. The quantitative estimate of drug-likeness (QED) is 0.635. The number of sulfone groups is 1. The number of nitrogens with zero attached hydrogens (tertiary/aromatic N) is 2. The molecule has 0 aliphatic heterocycles. The lowest BCUT2D eigenvalue weighted by atomic mass is 10.1. The minimum atomic E-state index is -3.99. The fourth-order valence-corrected chi connectivity index (χ4v) is 3.20. The van der Waals surface area contributed by atoms with Crippen LogP contribution < -0.4 is 0 Å². The maximum Gasteiger partial charge on any atom is 0.282 e. The maximum atomic E-state index is 14.5. The highest BCUT2D eigenvalue weighted by Gasteiger charge is 2.23. The van der Waals surface area contributed by atoms with Crippen molar-refractivity contribution in [1.82, 2.24) is 9.78 Å². The number of alkyl halides is 2. The summed E-state index contributed by atoms with van der Waals surface area (Å²) in [6, 6.07) is 10.4. The first-order valence-electron chi connectivity index (χ1n) is 7.31. The van der Waals surface area contributed by atoms with E-state index in [4.69, 9.17) is 0 Å². The Bertz CT molecular complexity index is 1060. The molecule has 0 unspecified atom stereocenters. The number of aromatic nitrogens is 2. The molecule has 26 heavy (non-hydrogen) atoms. The van der Waals surface area contributed by atoms with E-state index >= 15 is 0 Å². The summed E-state index contributed by atoms with van der Waals surface area (Å²) in [6.45, 7) is 0. The van der Waals surface area contributed by atoms with Gasteiger partial charge in [0.1, 0.15) is 27.9 Å². The summed E-state index contributed by atoms with van der Waals surface area (Å²) in [5, 5.41) is 3.66. The van der Waals surface area contributed by atoms with E-state index in [1.165, 1.54) is 0 Å². The van der Waals surface area contributed by atoms with Crippen LogP contribution >= 0.6 is 0 Å². The van der Waals surface area contributed by atoms with Gasteiger partial charge in [0.05, 0.1) is 5.69 Å². The summed E-state index contributed by atoms with van der Waals surface area (Å²) in [6.07, 6.45) is -2.18. The molecule has 136 valence electrons. The molecular formula is C17H12F4N2O2S. The SMILES string of the molecule is CS(=O)(=O)c1cc(F)c(-n2nc(C(F)F)cc2-c2ccccc2)cc1F. The summed E-state index contributed by atoms with van der Waals surface area (Å²) in [4.78, 5) is -0.818. The highest BCUT2D eigenvalue weighted by molar-refractivity contribution is 7.90. The molecule has 0 aliphatic carbocycles. The van der Waals surface area contributed by atoms with Gasteiger partial charge in [0.25, 0.3) is 6.43 Å². The third kappa shape index (κ3) is 3.34. The van der Waals surface area contributed by atoms with E-state index in [1.54, 1.807) is 30.3 Å². The van der Waals surface area contributed by atoms with Crippen molar-refractivity contribution in [3.63, 3.8) is 0 Å². The van der Waals surface area contributed by atoms with E-state index in [1.807, 2.05) is 0 Å². The van der Waals surface area contributed by atoms with Crippen molar-refractivity contribution in [2.75, 3.05) is 6.26 Å². The largest absolute Gasteiger partial charge is 0.282 e. The first kappa shape index (κ1) is 18.1. The third-order valence-corrected chi connectivity index (χ3v) is 4.76. The zero-order valence-electron chi connectivity index (χ0n) is 13.3. The van der Waals surface area contributed by atoms with Gasteiger partial charge in [-0.3, -0.25) is 0 Å². The molecule has 9 heteroatoms. The number of hydrogen-bond acceptors (Lipinski definition) is 3. The van der Waals surface area contributed by atoms with Crippen LogP contribution in [0.15, 0.2) is 53.4 Å². The van der Waals surface area contributed by atoms with Crippen molar-refractivity contribution in [2.45, 2.75) is 11.3 Å². The Labute approximate surface area is 146 Å². The van der Waals surface area contributed by atoms with Crippen LogP contribution in [-0.2, 0) is 9.84 Å². The van der Waals surface area contributed by atoms with Crippen molar-refractivity contribution in [1.29, 1.82) is 0 Å². The van der Waals surface area contributed by atoms with Crippen molar-refractivity contribution in [2.24, 2.45) is 0 Å². The van der Waals surface area contributed by atoms with Gasteiger partial charge in [-0.25, -0.2) is 30.7 Å². The molecule has 1 aromatic heterocycles. The number of halogens is 4. The molecule has 0 fully saturated rings. The lowest BCUT2D eigenvalue weighted by Crippen LogP contribution is -2.08. The Hall–Kier alpha value is -2.68. The summed E-state index contributed by atoms with van der Waals surface area (Å²) < 4.78 is 78.6. The highest BCUT2D eigenvalue weighted by Crippen LogP contribution is 2.30. The standard InChI is InChI=1S/C17H12F4N2O2S/c1-26(24,25)16-8-11(18)15(7-12(16)19)23-14(9-13(22-23)17(20)21)10-5-3-2-4-6-10/h2-9,17H,1H3. The molecule has 3 rings (SSSR count). The third-order valence-electron chi connectivity index (χ3n) is 3.65. The normalized spacial score (nSPS) is 11.9. The zero-order chi connectivity index (χ0) is 19.1. The van der Waals surface area contributed by atoms with E-state index in [2.05, 4.69) is 5.10 Å². The molecule has 0 bridgehead atoms. The Morgan fingerprint density at radius 2 is 1.65 bits per heavy atom. The first-order valence-corrected chi connectivity index (χ1v) is 9.20. The Morgan fingerprint density at radius 3 is 2.23 bits per heavy atom. The number of benzene rings is 2. The molecule has 1 heterocycles. The highest BCUT2D eigenvalue weighted by atomic mass is 32.2. The van der Waals surface area contributed by atoms with Crippen LogP contribution in [-0.4, -0.2) is 24.5 Å². The fourth-order valence-electron chi connectivity index (χ4n) is 2.47. The summed E-state index contributed by atoms with van der Waals surface area (Å²) in [7, 11) is -3.99. The van der Waals surface area contributed by atoms with Gasteiger partial charge in [0.2, 0.25) is 0 Å². The Morgan fingerprint density at radius 1 is 1.00 bits per heavy atom. The van der Waals surface area contributed by atoms with Crippen molar-refractivity contribution in [3.05, 3.63) is 65.9 Å². The second-order valence-corrected chi connectivity index (χ2v) is 7.52. The lowest BCUT2D eigenvalue weighted by molar-refractivity contribution is 0.145. The van der Waals surface area contributed by atoms with Gasteiger partial charge in [0, 0.05) is 17.9 Å². The molecule has 0 amide bonds.